The molecule has 0 unspecified atom stereocenters. The minimum atomic E-state index is -0.552. The molecule has 3 N–H and O–H groups in total. The molecular weight excluding hydrogens is 392 g/mol. The summed E-state index contributed by atoms with van der Waals surface area (Å²) in [5, 5.41) is 19.7. The van der Waals surface area contributed by atoms with Crippen molar-refractivity contribution in [3.63, 3.8) is 0 Å². The van der Waals surface area contributed by atoms with Gasteiger partial charge in [0.15, 0.2) is 11.6 Å². The van der Waals surface area contributed by atoms with E-state index in [1.54, 1.807) is 17.1 Å². The molecule has 0 bridgehead atoms. The number of carbonyl (C=O) groups excluding carboxylic acids is 1. The highest BCUT2D eigenvalue weighted by Crippen LogP contribution is 2.27. The van der Waals surface area contributed by atoms with Crippen molar-refractivity contribution in [2.45, 2.75) is 32.4 Å². The Morgan fingerprint density at radius 3 is 2.79 bits per heavy atom. The van der Waals surface area contributed by atoms with Crippen LogP contribution in [0.3, 0.4) is 0 Å². The van der Waals surface area contributed by atoms with Crippen LogP contribution < -0.4 is 10.6 Å². The smallest absolute Gasteiger partial charge is 0.229 e. The number of aliphatic hydroxyl groups is 1. The summed E-state index contributed by atoms with van der Waals surface area (Å²) < 4.78 is 1.60. The molecule has 2 heterocycles. The van der Waals surface area contributed by atoms with Gasteiger partial charge in [0, 0.05) is 12.6 Å². The molecule has 0 amide bonds. The summed E-state index contributed by atoms with van der Waals surface area (Å²) >= 11 is 6.29. The lowest BCUT2D eigenvalue weighted by molar-refractivity contribution is -0.119. The molecule has 0 saturated carbocycles. The van der Waals surface area contributed by atoms with Gasteiger partial charge in [-0.15, -0.1) is 0 Å². The Morgan fingerprint density at radius 1 is 1.28 bits per heavy atom. The Morgan fingerprint density at radius 2 is 2.07 bits per heavy atom. The average Bonchev–Trinajstić information content (AvgIpc) is 3.16. The zero-order valence-corrected chi connectivity index (χ0v) is 16.8. The number of nitrogens with one attached hydrogen (secondary N) is 2. The molecule has 3 rings (SSSR count). The molecule has 0 aliphatic carbocycles. The van der Waals surface area contributed by atoms with E-state index in [1.807, 2.05) is 37.3 Å². The number of nitrogens with zero attached hydrogens (tertiary/aromatic N) is 4. The van der Waals surface area contributed by atoms with E-state index in [4.69, 9.17) is 16.7 Å². The van der Waals surface area contributed by atoms with Gasteiger partial charge >= 0.3 is 0 Å². The second-order valence-corrected chi connectivity index (χ2v) is 6.84. The molecule has 29 heavy (non-hydrogen) atoms. The minimum absolute atomic E-state index is 0.000698. The molecule has 0 aliphatic rings. The number of rotatable bonds is 10. The van der Waals surface area contributed by atoms with Gasteiger partial charge in [-0.2, -0.15) is 10.1 Å². The quantitative estimate of drug-likeness (QED) is 0.465. The van der Waals surface area contributed by atoms with E-state index >= 15 is 0 Å². The molecule has 0 aliphatic heterocycles. The number of halogens is 1. The largest absolute Gasteiger partial charge is 0.394 e. The Kier molecular flexibility index (Phi) is 7.15. The first kappa shape index (κ1) is 20.8. The van der Waals surface area contributed by atoms with Crippen LogP contribution in [0.25, 0.3) is 0 Å². The summed E-state index contributed by atoms with van der Waals surface area (Å²) in [4.78, 5) is 21.3. The normalized spacial score (nSPS) is 11.8. The zero-order chi connectivity index (χ0) is 20.6. The summed E-state index contributed by atoms with van der Waals surface area (Å²) in [5.41, 5.74) is 1.52. The molecule has 152 valence electrons. The van der Waals surface area contributed by atoms with Gasteiger partial charge in [-0.1, -0.05) is 48.9 Å². The fourth-order valence-corrected chi connectivity index (χ4v) is 2.98. The van der Waals surface area contributed by atoms with Gasteiger partial charge in [0.1, 0.15) is 11.1 Å². The highest BCUT2D eigenvalue weighted by molar-refractivity contribution is 6.32. The second kappa shape index (κ2) is 9.99. The van der Waals surface area contributed by atoms with Gasteiger partial charge in [-0.05, 0) is 12.0 Å². The highest BCUT2D eigenvalue weighted by Gasteiger charge is 2.21. The predicted molar refractivity (Wildman–Crippen MR) is 112 cm³/mol. The number of Topliss-reactive ketones (excluding diaryl/α,β-unsaturated/α-hetero) is 1. The van der Waals surface area contributed by atoms with E-state index in [9.17, 15) is 4.79 Å². The Labute approximate surface area is 174 Å². The van der Waals surface area contributed by atoms with Crippen LogP contribution in [0.15, 0.2) is 48.9 Å². The maximum absolute atomic E-state index is 12.7. The number of benzene rings is 1. The van der Waals surface area contributed by atoms with Crippen molar-refractivity contribution in [3.8, 4) is 0 Å². The average molecular weight is 415 g/mol. The first-order valence-electron chi connectivity index (χ1n) is 9.37. The minimum Gasteiger partial charge on any atom is -0.394 e. The van der Waals surface area contributed by atoms with Crippen LogP contribution in [-0.2, 0) is 11.3 Å². The van der Waals surface area contributed by atoms with Crippen molar-refractivity contribution in [2.75, 3.05) is 17.2 Å². The van der Waals surface area contributed by atoms with Crippen LogP contribution in [0.1, 0.15) is 31.4 Å². The summed E-state index contributed by atoms with van der Waals surface area (Å²) in [6.45, 7) is 2.37. The zero-order valence-electron chi connectivity index (χ0n) is 16.0. The third-order valence-electron chi connectivity index (χ3n) is 4.19. The predicted octanol–water partition coefficient (Wildman–Crippen LogP) is 3.58. The topological polar surface area (TPSA) is 105 Å². The van der Waals surface area contributed by atoms with Crippen molar-refractivity contribution in [2.24, 2.45) is 0 Å². The van der Waals surface area contributed by atoms with E-state index in [0.717, 1.165) is 12.0 Å². The van der Waals surface area contributed by atoms with Crippen molar-refractivity contribution in [3.05, 3.63) is 59.5 Å². The van der Waals surface area contributed by atoms with Gasteiger partial charge in [0.05, 0.1) is 31.2 Å². The number of carbonyl (C=O) groups is 1. The first-order valence-corrected chi connectivity index (χ1v) is 9.75. The molecule has 3 aromatic rings. The number of hydrogen-bond donors (Lipinski definition) is 3. The van der Waals surface area contributed by atoms with Gasteiger partial charge in [0.25, 0.3) is 0 Å². The fourth-order valence-electron chi connectivity index (χ4n) is 2.83. The highest BCUT2D eigenvalue weighted by atomic mass is 35.5. The van der Waals surface area contributed by atoms with Gasteiger partial charge in [-0.25, -0.2) is 4.98 Å². The number of ketones is 1. The lowest BCUT2D eigenvalue weighted by atomic mass is 10.00. The van der Waals surface area contributed by atoms with Gasteiger partial charge < -0.3 is 15.7 Å². The number of hydrogen-bond acceptors (Lipinski definition) is 7. The van der Waals surface area contributed by atoms with Gasteiger partial charge in [-0.3, -0.25) is 9.48 Å². The van der Waals surface area contributed by atoms with Gasteiger partial charge in [0.2, 0.25) is 5.95 Å². The van der Waals surface area contributed by atoms with Crippen molar-refractivity contribution in [1.82, 2.24) is 19.7 Å². The van der Waals surface area contributed by atoms with Crippen LogP contribution in [0, 0.1) is 0 Å². The number of aliphatic hydroxyl groups excluding tert-OH is 1. The lowest BCUT2D eigenvalue weighted by Gasteiger charge is -2.19. The summed E-state index contributed by atoms with van der Waals surface area (Å²) in [5.74, 6) is 0.744. The van der Waals surface area contributed by atoms with Crippen molar-refractivity contribution in [1.29, 1.82) is 0 Å². The standard InChI is InChI=1S/C20H23ClN6O2/c1-2-6-17(29)18(14-7-4-3-5-8-14)25-19-16(21)12-22-20(26-19)24-15-11-23-27(13-15)9-10-28/h3-5,7-8,11-13,18,28H,2,6,9-10H2,1H3,(H2,22,24,25,26)/t18-/m0/s1. The Hall–Kier alpha value is -2.97. The maximum Gasteiger partial charge on any atom is 0.229 e. The molecule has 0 fully saturated rings. The van der Waals surface area contributed by atoms with E-state index in [1.165, 1.54) is 6.20 Å². The molecule has 9 heteroatoms. The molecule has 0 spiro atoms. The van der Waals surface area contributed by atoms with Crippen LogP contribution in [-0.4, -0.2) is 37.2 Å². The van der Waals surface area contributed by atoms with Crippen LogP contribution in [0.5, 0.6) is 0 Å². The SMILES string of the molecule is CCCC(=O)[C@@H](Nc1nc(Nc2cnn(CCO)c2)ncc1Cl)c1ccccc1. The molecule has 0 saturated heterocycles. The van der Waals surface area contributed by atoms with E-state index < -0.39 is 6.04 Å². The molecule has 1 aromatic carbocycles. The maximum atomic E-state index is 12.7. The molecule has 0 radical (unpaired) electrons. The Balaban J connectivity index is 1.82. The fraction of sp³-hybridized carbons (Fsp3) is 0.300. The summed E-state index contributed by atoms with van der Waals surface area (Å²) in [6.07, 6.45) is 6.03. The molecule has 1 atom stereocenters. The monoisotopic (exact) mass is 414 g/mol. The summed E-state index contributed by atoms with van der Waals surface area (Å²) in [6, 6.07) is 8.93. The van der Waals surface area contributed by atoms with Crippen molar-refractivity contribution >= 4 is 34.8 Å². The third kappa shape index (κ3) is 5.52. The third-order valence-corrected chi connectivity index (χ3v) is 4.47. The second-order valence-electron chi connectivity index (χ2n) is 6.44. The summed E-state index contributed by atoms with van der Waals surface area (Å²) in [7, 11) is 0. The Bertz CT molecular complexity index is 947. The van der Waals surface area contributed by atoms with Crippen LogP contribution in [0.2, 0.25) is 5.02 Å². The molecule has 8 nitrogen and oxygen atoms in total. The lowest BCUT2D eigenvalue weighted by Crippen LogP contribution is -2.22. The number of aromatic nitrogens is 4. The molecular formula is C20H23ClN6O2. The van der Waals surface area contributed by atoms with Crippen LogP contribution >= 0.6 is 11.6 Å². The van der Waals surface area contributed by atoms with Crippen LogP contribution in [0.4, 0.5) is 17.5 Å². The van der Waals surface area contributed by atoms with E-state index in [-0.39, 0.29) is 12.4 Å². The van der Waals surface area contributed by atoms with Crippen molar-refractivity contribution < 1.29 is 9.90 Å². The van der Waals surface area contributed by atoms with E-state index in [2.05, 4.69) is 25.7 Å². The molecule has 2 aromatic heterocycles. The van der Waals surface area contributed by atoms with E-state index in [0.29, 0.717) is 35.4 Å². The number of anilines is 3. The first-order chi connectivity index (χ1) is 14.1.